The molecule has 2 aliphatic rings. The number of hydrogen-bond donors (Lipinski definition) is 1. The van der Waals surface area contributed by atoms with Crippen molar-refractivity contribution < 1.29 is 9.32 Å². The minimum atomic E-state index is -1.67. The Morgan fingerprint density at radius 3 is 1.65 bits per heavy atom. The first kappa shape index (κ1) is 25.3. The summed E-state index contributed by atoms with van der Waals surface area (Å²) in [7, 11) is 7.36. The van der Waals surface area contributed by atoms with Gasteiger partial charge in [0.25, 0.3) is 0 Å². The Morgan fingerprint density at radius 2 is 1.24 bits per heavy atom. The summed E-state index contributed by atoms with van der Waals surface area (Å²) in [5, 5.41) is 11.4. The maximum absolute atomic E-state index is 9.09. The highest BCUT2D eigenvalue weighted by molar-refractivity contribution is 8.26. The molecule has 0 saturated heterocycles. The maximum atomic E-state index is 9.09. The lowest BCUT2D eigenvalue weighted by Crippen LogP contribution is -1.87. The molecule has 0 unspecified atom stereocenters. The first-order valence-electron chi connectivity index (χ1n) is 11.1. The normalized spacial score (nSPS) is 15.0. The fourth-order valence-electron chi connectivity index (χ4n) is 3.86. The van der Waals surface area contributed by atoms with Crippen LogP contribution in [0.25, 0.3) is 21.8 Å². The minimum absolute atomic E-state index is 0.101. The van der Waals surface area contributed by atoms with Gasteiger partial charge in [0.05, 0.1) is 17.6 Å². The topological polar surface area (TPSA) is 63.1 Å². The van der Waals surface area contributed by atoms with Gasteiger partial charge in [-0.1, -0.05) is 12.1 Å². The molecule has 0 aliphatic heterocycles. The predicted octanol–water partition coefficient (Wildman–Crippen LogP) is 7.50. The van der Waals surface area contributed by atoms with E-state index in [1.165, 1.54) is 47.8 Å². The molecule has 34 heavy (non-hydrogen) atoms. The van der Waals surface area contributed by atoms with Gasteiger partial charge in [-0.15, -0.1) is 11.6 Å². The average Bonchev–Trinajstić information content (AvgIpc) is 3.76. The number of benzene rings is 2. The number of pyridine rings is 2. The van der Waals surface area contributed by atoms with E-state index in [9.17, 15) is 0 Å². The summed E-state index contributed by atoms with van der Waals surface area (Å²) >= 11 is 5.82. The SMILES string of the molecule is ClCc1ccc2ncc(C3CC3)cc2c1.O=S(Cl)Cl.OCc1ccc2ncc(C3CC3)cc2c1. The number of aromatic nitrogens is 2. The van der Waals surface area contributed by atoms with Crippen molar-refractivity contribution in [3.8, 4) is 0 Å². The zero-order valence-corrected chi connectivity index (χ0v) is 21.5. The molecule has 0 bridgehead atoms. The molecule has 0 amide bonds. The molecule has 6 rings (SSSR count). The smallest absolute Gasteiger partial charge is 0.211 e. The molecule has 178 valence electrons. The van der Waals surface area contributed by atoms with E-state index in [1.54, 1.807) is 0 Å². The highest BCUT2D eigenvalue weighted by Crippen LogP contribution is 2.41. The van der Waals surface area contributed by atoms with Crippen LogP contribution in [0.15, 0.2) is 60.9 Å². The van der Waals surface area contributed by atoms with E-state index in [0.29, 0.717) is 5.88 Å². The fraction of sp³-hybridized carbons (Fsp3) is 0.308. The molecule has 0 spiro atoms. The Morgan fingerprint density at radius 1 is 0.794 bits per heavy atom. The van der Waals surface area contributed by atoms with Gasteiger partial charge >= 0.3 is 0 Å². The van der Waals surface area contributed by atoms with Crippen molar-refractivity contribution in [3.05, 3.63) is 83.2 Å². The lowest BCUT2D eigenvalue weighted by molar-refractivity contribution is 0.282. The molecule has 4 nitrogen and oxygen atoms in total. The summed E-state index contributed by atoms with van der Waals surface area (Å²) in [5.74, 6) is 2.07. The Bertz CT molecular complexity index is 1210. The van der Waals surface area contributed by atoms with Crippen LogP contribution in [0.2, 0.25) is 0 Å². The number of aliphatic hydroxyl groups is 1. The number of fused-ring (bicyclic) bond motifs is 2. The average molecular weight is 536 g/mol. The third-order valence-electron chi connectivity index (χ3n) is 5.97. The van der Waals surface area contributed by atoms with E-state index in [1.807, 2.05) is 42.7 Å². The van der Waals surface area contributed by atoms with Gasteiger partial charge in [-0.2, -0.15) is 0 Å². The van der Waals surface area contributed by atoms with Crippen LogP contribution < -0.4 is 0 Å². The number of aliphatic hydroxyl groups excluding tert-OH is 1. The third-order valence-corrected chi connectivity index (χ3v) is 6.28. The molecule has 2 fully saturated rings. The Labute approximate surface area is 215 Å². The number of alkyl halides is 1. The van der Waals surface area contributed by atoms with Crippen molar-refractivity contribution in [3.63, 3.8) is 0 Å². The lowest BCUT2D eigenvalue weighted by Gasteiger charge is -2.03. The van der Waals surface area contributed by atoms with Gasteiger partial charge in [0.15, 0.2) is 0 Å². The van der Waals surface area contributed by atoms with E-state index in [-0.39, 0.29) is 6.61 Å². The van der Waals surface area contributed by atoms with Crippen molar-refractivity contribution in [2.24, 2.45) is 0 Å². The van der Waals surface area contributed by atoms with E-state index < -0.39 is 9.23 Å². The second-order valence-corrected chi connectivity index (χ2v) is 11.4. The monoisotopic (exact) mass is 534 g/mol. The summed E-state index contributed by atoms with van der Waals surface area (Å²) < 4.78 is 9.09. The zero-order valence-electron chi connectivity index (χ0n) is 18.5. The molecule has 2 saturated carbocycles. The molecule has 8 heteroatoms. The van der Waals surface area contributed by atoms with Gasteiger partial charge < -0.3 is 5.11 Å². The first-order chi connectivity index (χ1) is 16.5. The zero-order chi connectivity index (χ0) is 24.1. The maximum Gasteiger partial charge on any atom is 0.211 e. The van der Waals surface area contributed by atoms with Crippen molar-refractivity contribution >= 4 is 64.0 Å². The van der Waals surface area contributed by atoms with Gasteiger partial charge in [0, 0.05) is 50.4 Å². The van der Waals surface area contributed by atoms with Gasteiger partial charge in [-0.05, 0) is 96.2 Å². The Balaban J connectivity index is 0.000000140. The summed E-state index contributed by atoms with van der Waals surface area (Å²) in [5.41, 5.74) is 6.92. The second kappa shape index (κ2) is 11.8. The summed E-state index contributed by atoms with van der Waals surface area (Å²) in [6.07, 6.45) is 9.24. The number of rotatable bonds is 4. The second-order valence-electron chi connectivity index (χ2n) is 8.62. The standard InChI is InChI=1S/C13H12ClN.C13H13NO.Cl2OS/c14-7-9-1-4-13-11(5-9)6-12(8-15-13)10-2-3-10;15-8-9-1-4-13-11(5-9)6-12(7-14-13)10-2-3-10;1-4(2)3/h1,4-6,8,10H,2-3,7H2;1,4-7,10,15H,2-3,8H2;. The van der Waals surface area contributed by atoms with Gasteiger partial charge in [0.2, 0.25) is 9.23 Å². The highest BCUT2D eigenvalue weighted by Gasteiger charge is 2.24. The largest absolute Gasteiger partial charge is 0.392 e. The third kappa shape index (κ3) is 7.12. The molecular weight excluding hydrogens is 511 g/mol. The Hall–Kier alpha value is -1.76. The Kier molecular flexibility index (Phi) is 8.78. The van der Waals surface area contributed by atoms with Crippen molar-refractivity contribution in [1.29, 1.82) is 0 Å². The molecule has 1 N–H and O–H groups in total. The molecule has 4 aromatic rings. The van der Waals surface area contributed by atoms with E-state index >= 15 is 0 Å². The van der Waals surface area contributed by atoms with Crippen molar-refractivity contribution in [2.45, 2.75) is 50.0 Å². The molecule has 2 aromatic heterocycles. The van der Waals surface area contributed by atoms with E-state index in [0.717, 1.165) is 33.8 Å². The molecule has 0 atom stereocenters. The van der Waals surface area contributed by atoms with Crippen LogP contribution in [0.1, 0.15) is 59.8 Å². The first-order valence-corrected chi connectivity index (χ1v) is 14.5. The minimum Gasteiger partial charge on any atom is -0.392 e. The van der Waals surface area contributed by atoms with Crippen molar-refractivity contribution in [2.75, 3.05) is 0 Å². The van der Waals surface area contributed by atoms with Crippen LogP contribution in [0.3, 0.4) is 0 Å². The van der Waals surface area contributed by atoms with Gasteiger partial charge in [-0.25, -0.2) is 4.21 Å². The van der Waals surface area contributed by atoms with Crippen LogP contribution in [-0.4, -0.2) is 19.3 Å². The van der Waals surface area contributed by atoms with Gasteiger partial charge in [0.1, 0.15) is 0 Å². The molecule has 2 aromatic carbocycles. The molecule has 2 heterocycles. The number of hydrogen-bond acceptors (Lipinski definition) is 4. The van der Waals surface area contributed by atoms with Crippen LogP contribution in [0.4, 0.5) is 0 Å². The number of halogens is 3. The van der Waals surface area contributed by atoms with Crippen molar-refractivity contribution in [1.82, 2.24) is 9.97 Å². The fourth-order valence-corrected chi connectivity index (χ4v) is 4.02. The van der Waals surface area contributed by atoms with Crippen LogP contribution in [-0.2, 0) is 21.7 Å². The van der Waals surface area contributed by atoms with E-state index in [4.69, 9.17) is 20.9 Å². The predicted molar refractivity (Wildman–Crippen MR) is 143 cm³/mol. The quantitative estimate of drug-likeness (QED) is 0.217. The summed E-state index contributed by atoms with van der Waals surface area (Å²) in [6, 6.07) is 16.6. The van der Waals surface area contributed by atoms with Crippen LogP contribution in [0.5, 0.6) is 0 Å². The molecule has 0 radical (unpaired) electrons. The highest BCUT2D eigenvalue weighted by atomic mass is 36.0. The van der Waals surface area contributed by atoms with E-state index in [2.05, 4.69) is 49.5 Å². The molecular formula is C26H25Cl3N2O2S. The molecule has 2 aliphatic carbocycles. The lowest BCUT2D eigenvalue weighted by atomic mass is 10.1. The van der Waals surface area contributed by atoms with Crippen LogP contribution >= 0.6 is 33.0 Å². The number of nitrogens with zero attached hydrogens (tertiary/aromatic N) is 2. The van der Waals surface area contributed by atoms with Gasteiger partial charge in [-0.3, -0.25) is 9.97 Å². The summed E-state index contributed by atoms with van der Waals surface area (Å²) in [6.45, 7) is 0.101. The van der Waals surface area contributed by atoms with Crippen LogP contribution in [0, 0.1) is 0 Å². The summed E-state index contributed by atoms with van der Waals surface area (Å²) in [4.78, 5) is 8.91.